The summed E-state index contributed by atoms with van der Waals surface area (Å²) in [7, 11) is 0. The molecule has 0 saturated carbocycles. The van der Waals surface area contributed by atoms with Gasteiger partial charge in [0.05, 0.1) is 23.5 Å². The third-order valence-corrected chi connectivity index (χ3v) is 2.67. The fourth-order valence-corrected chi connectivity index (χ4v) is 1.64. The number of nitrogen functional groups attached to an aromatic ring is 1. The second-order valence-corrected chi connectivity index (χ2v) is 4.07. The number of nitriles is 1. The molecule has 0 spiro atoms. The maximum absolute atomic E-state index is 11.9. The molecule has 0 bridgehead atoms. The number of benzene rings is 1. The Morgan fingerprint density at radius 2 is 2.20 bits per heavy atom. The lowest BCUT2D eigenvalue weighted by Crippen LogP contribution is -2.23. The summed E-state index contributed by atoms with van der Waals surface area (Å²) in [4.78, 5) is 15.9. The van der Waals surface area contributed by atoms with Crippen LogP contribution in [0.2, 0.25) is 0 Å². The first-order valence-electron chi connectivity index (χ1n) is 5.93. The number of anilines is 1. The first-order valence-corrected chi connectivity index (χ1v) is 5.93. The van der Waals surface area contributed by atoms with E-state index in [-0.39, 0.29) is 5.91 Å². The van der Waals surface area contributed by atoms with E-state index in [1.165, 1.54) is 6.20 Å². The van der Waals surface area contributed by atoms with Crippen molar-refractivity contribution in [3.8, 4) is 6.07 Å². The quantitative estimate of drug-likeness (QED) is 0.570. The molecule has 0 atom stereocenters. The minimum absolute atomic E-state index is 0.282. The zero-order valence-electron chi connectivity index (χ0n) is 10.6. The Labute approximate surface area is 116 Å². The molecule has 6 heteroatoms. The van der Waals surface area contributed by atoms with Gasteiger partial charge in [0.1, 0.15) is 5.69 Å². The van der Waals surface area contributed by atoms with Crippen LogP contribution in [0, 0.1) is 11.3 Å². The molecular weight excluding hydrogens is 254 g/mol. The van der Waals surface area contributed by atoms with Crippen LogP contribution in [0.3, 0.4) is 0 Å². The summed E-state index contributed by atoms with van der Waals surface area (Å²) < 4.78 is 0. The Hall–Kier alpha value is -2.91. The third kappa shape index (κ3) is 3.31. The molecule has 0 fully saturated rings. The zero-order valence-corrected chi connectivity index (χ0v) is 10.6. The second-order valence-electron chi connectivity index (χ2n) is 4.07. The number of pyridine rings is 1. The average Bonchev–Trinajstić information content (AvgIpc) is 2.53. The first-order chi connectivity index (χ1) is 9.72. The van der Waals surface area contributed by atoms with Crippen LogP contribution in [0.25, 0.3) is 0 Å². The van der Waals surface area contributed by atoms with Crippen molar-refractivity contribution in [2.75, 3.05) is 5.43 Å². The topological polar surface area (TPSA) is 104 Å². The number of amides is 1. The minimum atomic E-state index is -0.282. The molecule has 2 aromatic rings. The van der Waals surface area contributed by atoms with Crippen molar-refractivity contribution in [3.05, 3.63) is 59.4 Å². The van der Waals surface area contributed by atoms with E-state index in [1.807, 2.05) is 6.07 Å². The summed E-state index contributed by atoms with van der Waals surface area (Å²) in [6, 6.07) is 12.4. The maximum Gasteiger partial charge on any atom is 0.270 e. The summed E-state index contributed by atoms with van der Waals surface area (Å²) in [5.74, 6) is 4.94. The predicted octanol–water partition coefficient (Wildman–Crippen LogP) is 1.17. The number of nitrogens with zero attached hydrogens (tertiary/aromatic N) is 2. The molecule has 0 radical (unpaired) electrons. The van der Waals surface area contributed by atoms with Crippen LogP contribution in [-0.2, 0) is 6.54 Å². The van der Waals surface area contributed by atoms with Crippen LogP contribution < -0.4 is 16.6 Å². The van der Waals surface area contributed by atoms with Gasteiger partial charge in [0.2, 0.25) is 0 Å². The van der Waals surface area contributed by atoms with Crippen LogP contribution >= 0.6 is 0 Å². The Balaban J connectivity index is 1.99. The molecule has 0 unspecified atom stereocenters. The highest BCUT2D eigenvalue weighted by Crippen LogP contribution is 2.06. The Kier molecular flexibility index (Phi) is 4.27. The number of nitrogens with one attached hydrogen (secondary N) is 2. The van der Waals surface area contributed by atoms with Crippen molar-refractivity contribution in [1.82, 2.24) is 10.3 Å². The Morgan fingerprint density at radius 3 is 2.85 bits per heavy atom. The largest absolute Gasteiger partial charge is 0.347 e. The summed E-state index contributed by atoms with van der Waals surface area (Å²) >= 11 is 0. The van der Waals surface area contributed by atoms with E-state index in [0.29, 0.717) is 23.5 Å². The van der Waals surface area contributed by atoms with Crippen LogP contribution in [0.15, 0.2) is 42.6 Å². The highest BCUT2D eigenvalue weighted by Gasteiger charge is 2.06. The fourth-order valence-electron chi connectivity index (χ4n) is 1.64. The molecule has 6 nitrogen and oxygen atoms in total. The summed E-state index contributed by atoms with van der Waals surface area (Å²) in [6.07, 6.45) is 1.48. The van der Waals surface area contributed by atoms with Gasteiger partial charge in [-0.05, 0) is 29.8 Å². The first kappa shape index (κ1) is 13.5. The van der Waals surface area contributed by atoms with Crippen molar-refractivity contribution >= 4 is 11.6 Å². The molecule has 0 aliphatic heterocycles. The van der Waals surface area contributed by atoms with Gasteiger partial charge in [-0.15, -0.1) is 0 Å². The van der Waals surface area contributed by atoms with Crippen molar-refractivity contribution in [2.24, 2.45) is 5.84 Å². The van der Waals surface area contributed by atoms with Crippen LogP contribution in [0.4, 0.5) is 5.69 Å². The molecule has 1 aromatic carbocycles. The van der Waals surface area contributed by atoms with Gasteiger partial charge in [0.25, 0.3) is 5.91 Å². The van der Waals surface area contributed by atoms with Crippen LogP contribution in [-0.4, -0.2) is 10.9 Å². The Bertz CT molecular complexity index is 645. The number of nitrogens with two attached hydrogens (primary N) is 1. The minimum Gasteiger partial charge on any atom is -0.347 e. The molecule has 20 heavy (non-hydrogen) atoms. The number of hydrogen-bond donors (Lipinski definition) is 3. The van der Waals surface area contributed by atoms with Crippen molar-refractivity contribution < 1.29 is 4.79 Å². The average molecular weight is 267 g/mol. The van der Waals surface area contributed by atoms with Gasteiger partial charge < -0.3 is 10.7 Å². The van der Waals surface area contributed by atoms with Gasteiger partial charge in [-0.3, -0.25) is 10.6 Å². The van der Waals surface area contributed by atoms with E-state index in [0.717, 1.165) is 5.56 Å². The van der Waals surface area contributed by atoms with E-state index >= 15 is 0 Å². The molecule has 100 valence electrons. The number of hydrazine groups is 1. The van der Waals surface area contributed by atoms with Crippen molar-refractivity contribution in [1.29, 1.82) is 5.26 Å². The molecule has 2 rings (SSSR count). The number of carbonyl (C=O) groups is 1. The number of hydrogen-bond acceptors (Lipinski definition) is 5. The summed E-state index contributed by atoms with van der Waals surface area (Å²) in [5.41, 5.74) is 4.79. The number of aromatic nitrogens is 1. The molecule has 0 aliphatic carbocycles. The monoisotopic (exact) mass is 267 g/mol. The van der Waals surface area contributed by atoms with Crippen molar-refractivity contribution in [3.63, 3.8) is 0 Å². The highest BCUT2D eigenvalue weighted by molar-refractivity contribution is 5.92. The molecular formula is C14H13N5O. The van der Waals surface area contributed by atoms with Crippen LogP contribution in [0.5, 0.6) is 0 Å². The molecule has 4 N–H and O–H groups in total. The lowest BCUT2D eigenvalue weighted by Gasteiger charge is -2.06. The van der Waals surface area contributed by atoms with E-state index in [9.17, 15) is 4.79 Å². The zero-order chi connectivity index (χ0) is 14.4. The number of carbonyl (C=O) groups excluding carboxylic acids is 1. The standard InChI is InChI=1S/C14H13N5O/c15-7-10-2-1-3-11(6-10)8-18-14(20)13-5-4-12(19-16)9-17-13/h1-6,9,19H,8,16H2,(H,18,20). The molecule has 1 aromatic heterocycles. The molecule has 0 saturated heterocycles. The van der Waals surface area contributed by atoms with E-state index in [4.69, 9.17) is 11.1 Å². The smallest absolute Gasteiger partial charge is 0.270 e. The van der Waals surface area contributed by atoms with Gasteiger partial charge in [-0.1, -0.05) is 12.1 Å². The van der Waals surface area contributed by atoms with Crippen LogP contribution in [0.1, 0.15) is 21.6 Å². The summed E-state index contributed by atoms with van der Waals surface area (Å²) in [6.45, 7) is 0.340. The number of rotatable bonds is 4. The van der Waals surface area contributed by atoms with E-state index in [1.54, 1.807) is 30.3 Å². The lowest BCUT2D eigenvalue weighted by molar-refractivity contribution is 0.0946. The van der Waals surface area contributed by atoms with Gasteiger partial charge >= 0.3 is 0 Å². The molecule has 1 heterocycles. The fraction of sp³-hybridized carbons (Fsp3) is 0.0714. The summed E-state index contributed by atoms with van der Waals surface area (Å²) in [5, 5.41) is 11.5. The molecule has 0 aliphatic rings. The normalized spacial score (nSPS) is 9.60. The Morgan fingerprint density at radius 1 is 1.35 bits per heavy atom. The predicted molar refractivity (Wildman–Crippen MR) is 74.4 cm³/mol. The van der Waals surface area contributed by atoms with Gasteiger partial charge in [-0.25, -0.2) is 4.98 Å². The van der Waals surface area contributed by atoms with E-state index < -0.39 is 0 Å². The SMILES string of the molecule is N#Cc1cccc(CNC(=O)c2ccc(NN)cn2)c1. The van der Waals surface area contributed by atoms with Crippen molar-refractivity contribution in [2.45, 2.75) is 6.54 Å². The van der Waals surface area contributed by atoms with Gasteiger partial charge in [0, 0.05) is 6.54 Å². The third-order valence-electron chi connectivity index (χ3n) is 2.67. The van der Waals surface area contributed by atoms with Gasteiger partial charge in [-0.2, -0.15) is 5.26 Å². The lowest BCUT2D eigenvalue weighted by atomic mass is 10.1. The molecule has 1 amide bonds. The second kappa shape index (κ2) is 6.31. The highest BCUT2D eigenvalue weighted by atomic mass is 16.1. The maximum atomic E-state index is 11.9. The van der Waals surface area contributed by atoms with E-state index in [2.05, 4.69) is 21.8 Å². The van der Waals surface area contributed by atoms with Gasteiger partial charge in [0.15, 0.2) is 0 Å².